The number of methoxy groups -OCH3 is 2. The molecule has 0 aliphatic carbocycles. The standard InChI is InChI=1S/C13H22N2O4S/c1-18-10-11-20(16,17)15(9-5-8-14)12-6-3-4-7-13(12)19-2/h3-4,6-7H,5,8-11,14H2,1-2H3. The number of anilines is 1. The minimum absolute atomic E-state index is 0.0773. The van der Waals surface area contributed by atoms with E-state index < -0.39 is 10.0 Å². The van der Waals surface area contributed by atoms with E-state index in [1.807, 2.05) is 0 Å². The molecule has 1 rings (SSSR count). The van der Waals surface area contributed by atoms with E-state index in [4.69, 9.17) is 15.2 Å². The van der Waals surface area contributed by atoms with E-state index in [-0.39, 0.29) is 12.4 Å². The molecule has 0 spiro atoms. The Morgan fingerprint density at radius 2 is 1.95 bits per heavy atom. The first-order valence-corrected chi connectivity index (χ1v) is 8.00. The molecule has 2 N–H and O–H groups in total. The Morgan fingerprint density at radius 1 is 1.25 bits per heavy atom. The first kappa shape index (κ1) is 16.7. The van der Waals surface area contributed by atoms with E-state index in [1.54, 1.807) is 24.3 Å². The minimum atomic E-state index is -3.47. The number of sulfonamides is 1. The van der Waals surface area contributed by atoms with Gasteiger partial charge >= 0.3 is 0 Å². The van der Waals surface area contributed by atoms with E-state index in [9.17, 15) is 8.42 Å². The zero-order valence-corrected chi connectivity index (χ0v) is 12.7. The van der Waals surface area contributed by atoms with Crippen molar-refractivity contribution in [3.8, 4) is 5.75 Å². The van der Waals surface area contributed by atoms with Gasteiger partial charge in [-0.25, -0.2) is 8.42 Å². The van der Waals surface area contributed by atoms with Crippen molar-refractivity contribution in [1.29, 1.82) is 0 Å². The zero-order chi connectivity index (χ0) is 15.0. The summed E-state index contributed by atoms with van der Waals surface area (Å²) < 4.78 is 36.3. The summed E-state index contributed by atoms with van der Waals surface area (Å²) in [7, 11) is -0.479. The third-order valence-electron chi connectivity index (χ3n) is 2.80. The number of hydrogen-bond donors (Lipinski definition) is 1. The molecule has 0 fully saturated rings. The van der Waals surface area contributed by atoms with Crippen molar-refractivity contribution in [2.45, 2.75) is 6.42 Å². The molecule has 0 aromatic heterocycles. The van der Waals surface area contributed by atoms with Gasteiger partial charge in [0.1, 0.15) is 5.75 Å². The van der Waals surface area contributed by atoms with E-state index in [0.29, 0.717) is 30.9 Å². The van der Waals surface area contributed by atoms with Gasteiger partial charge in [0.15, 0.2) is 0 Å². The highest BCUT2D eigenvalue weighted by molar-refractivity contribution is 7.92. The van der Waals surface area contributed by atoms with Crippen LogP contribution in [0, 0.1) is 0 Å². The van der Waals surface area contributed by atoms with Crippen LogP contribution in [-0.4, -0.2) is 48.1 Å². The second-order valence-corrected chi connectivity index (χ2v) is 6.21. The summed E-state index contributed by atoms with van der Waals surface area (Å²) in [6.45, 7) is 0.894. The molecule has 0 aliphatic rings. The monoisotopic (exact) mass is 302 g/mol. The topological polar surface area (TPSA) is 81.9 Å². The predicted molar refractivity (Wildman–Crippen MR) is 79.7 cm³/mol. The second-order valence-electron chi connectivity index (χ2n) is 4.20. The predicted octanol–water partition coefficient (Wildman–Crippen LogP) is 0.827. The van der Waals surface area contributed by atoms with Crippen molar-refractivity contribution >= 4 is 15.7 Å². The molecule has 0 atom stereocenters. The van der Waals surface area contributed by atoms with Crippen LogP contribution in [0.15, 0.2) is 24.3 Å². The molecule has 114 valence electrons. The summed E-state index contributed by atoms with van der Waals surface area (Å²) >= 11 is 0. The van der Waals surface area contributed by atoms with Crippen molar-refractivity contribution in [3.05, 3.63) is 24.3 Å². The van der Waals surface area contributed by atoms with Gasteiger partial charge in [-0.05, 0) is 25.1 Å². The van der Waals surface area contributed by atoms with Crippen LogP contribution in [0.2, 0.25) is 0 Å². The second kappa shape index (κ2) is 8.08. The zero-order valence-electron chi connectivity index (χ0n) is 11.9. The molecule has 1 aromatic carbocycles. The largest absolute Gasteiger partial charge is 0.495 e. The summed E-state index contributed by atoms with van der Waals surface area (Å²) in [5.74, 6) is 0.442. The molecule has 0 amide bonds. The van der Waals surface area contributed by atoms with Crippen LogP contribution in [0.4, 0.5) is 5.69 Å². The Labute approximate surface area is 120 Å². The molecular formula is C13H22N2O4S. The summed E-state index contributed by atoms with van der Waals surface area (Å²) in [6, 6.07) is 7.03. The fourth-order valence-electron chi connectivity index (χ4n) is 1.78. The summed E-state index contributed by atoms with van der Waals surface area (Å²) in [5, 5.41) is 0. The maximum absolute atomic E-state index is 12.4. The maximum Gasteiger partial charge on any atom is 0.237 e. The van der Waals surface area contributed by atoms with Crippen LogP contribution in [0.25, 0.3) is 0 Å². The number of nitrogens with zero attached hydrogens (tertiary/aromatic N) is 1. The highest BCUT2D eigenvalue weighted by atomic mass is 32.2. The van der Waals surface area contributed by atoms with Crippen LogP contribution < -0.4 is 14.8 Å². The lowest BCUT2D eigenvalue weighted by Crippen LogP contribution is -2.36. The van der Waals surface area contributed by atoms with Crippen molar-refractivity contribution in [3.63, 3.8) is 0 Å². The molecule has 6 nitrogen and oxygen atoms in total. The van der Waals surface area contributed by atoms with Gasteiger partial charge in [0.2, 0.25) is 10.0 Å². The number of nitrogens with two attached hydrogens (primary N) is 1. The highest BCUT2D eigenvalue weighted by Gasteiger charge is 2.24. The molecule has 0 aliphatic heterocycles. The highest BCUT2D eigenvalue weighted by Crippen LogP contribution is 2.30. The minimum Gasteiger partial charge on any atom is -0.495 e. The molecule has 0 radical (unpaired) electrons. The number of rotatable bonds is 9. The number of para-hydroxylation sites is 2. The maximum atomic E-state index is 12.4. The van der Waals surface area contributed by atoms with Crippen molar-refractivity contribution in [1.82, 2.24) is 0 Å². The number of hydrogen-bond acceptors (Lipinski definition) is 5. The number of ether oxygens (including phenoxy) is 2. The van der Waals surface area contributed by atoms with Gasteiger partial charge in [0.05, 0.1) is 25.2 Å². The van der Waals surface area contributed by atoms with Crippen LogP contribution in [-0.2, 0) is 14.8 Å². The van der Waals surface area contributed by atoms with Crippen LogP contribution in [0.5, 0.6) is 5.75 Å². The van der Waals surface area contributed by atoms with Crippen molar-refractivity contribution in [2.75, 3.05) is 44.0 Å². The van der Waals surface area contributed by atoms with Crippen molar-refractivity contribution < 1.29 is 17.9 Å². The summed E-state index contributed by atoms with van der Waals surface area (Å²) in [6.07, 6.45) is 0.574. The number of benzene rings is 1. The van der Waals surface area contributed by atoms with E-state index in [1.165, 1.54) is 18.5 Å². The molecule has 0 bridgehead atoms. The molecule has 7 heteroatoms. The van der Waals surface area contributed by atoms with Gasteiger partial charge in [-0.15, -0.1) is 0 Å². The third kappa shape index (κ3) is 4.36. The SMILES string of the molecule is COCCS(=O)(=O)N(CCCN)c1ccccc1OC. The van der Waals surface area contributed by atoms with Gasteiger partial charge in [0, 0.05) is 13.7 Å². The molecule has 0 saturated carbocycles. The summed E-state index contributed by atoms with van der Waals surface area (Å²) in [5.41, 5.74) is 6.02. The average Bonchev–Trinajstić information content (AvgIpc) is 2.46. The summed E-state index contributed by atoms with van der Waals surface area (Å²) in [4.78, 5) is 0. The molecular weight excluding hydrogens is 280 g/mol. The lowest BCUT2D eigenvalue weighted by molar-refractivity contribution is 0.217. The van der Waals surface area contributed by atoms with E-state index >= 15 is 0 Å². The lowest BCUT2D eigenvalue weighted by atomic mass is 10.3. The third-order valence-corrected chi connectivity index (χ3v) is 4.53. The Morgan fingerprint density at radius 3 is 2.55 bits per heavy atom. The Balaban J connectivity index is 3.11. The smallest absolute Gasteiger partial charge is 0.237 e. The quantitative estimate of drug-likeness (QED) is 0.730. The molecule has 20 heavy (non-hydrogen) atoms. The van der Waals surface area contributed by atoms with Gasteiger partial charge in [-0.1, -0.05) is 12.1 Å². The fraction of sp³-hybridized carbons (Fsp3) is 0.538. The Kier molecular flexibility index (Phi) is 6.77. The van der Waals surface area contributed by atoms with E-state index in [0.717, 1.165) is 0 Å². The average molecular weight is 302 g/mol. The lowest BCUT2D eigenvalue weighted by Gasteiger charge is -2.25. The van der Waals surface area contributed by atoms with Crippen LogP contribution in [0.1, 0.15) is 6.42 Å². The van der Waals surface area contributed by atoms with Crippen LogP contribution >= 0.6 is 0 Å². The Hall–Kier alpha value is -1.31. The van der Waals surface area contributed by atoms with Gasteiger partial charge in [0.25, 0.3) is 0 Å². The Bertz CT molecular complexity index is 505. The normalized spacial score (nSPS) is 11.3. The fourth-order valence-corrected chi connectivity index (χ4v) is 3.23. The van der Waals surface area contributed by atoms with Gasteiger partial charge in [-0.3, -0.25) is 4.31 Å². The molecule has 1 aromatic rings. The molecule has 0 heterocycles. The van der Waals surface area contributed by atoms with Gasteiger partial charge in [-0.2, -0.15) is 0 Å². The first-order chi connectivity index (χ1) is 9.56. The molecule has 0 unspecified atom stereocenters. The molecule has 0 saturated heterocycles. The first-order valence-electron chi connectivity index (χ1n) is 6.39. The van der Waals surface area contributed by atoms with Crippen LogP contribution in [0.3, 0.4) is 0 Å². The van der Waals surface area contributed by atoms with Gasteiger partial charge < -0.3 is 15.2 Å². The van der Waals surface area contributed by atoms with E-state index in [2.05, 4.69) is 0 Å². The van der Waals surface area contributed by atoms with Crippen molar-refractivity contribution in [2.24, 2.45) is 5.73 Å².